The van der Waals surface area contributed by atoms with Crippen molar-refractivity contribution in [2.45, 2.75) is 26.0 Å². The number of rotatable bonds is 5. The van der Waals surface area contributed by atoms with E-state index < -0.39 is 5.60 Å². The molecule has 0 saturated carbocycles. The van der Waals surface area contributed by atoms with Crippen LogP contribution in [0, 0.1) is 0 Å². The average Bonchev–Trinajstić information content (AvgIpc) is 2.77. The first kappa shape index (κ1) is 13.1. The standard InChI is InChI=1S/C13H17N3OS/c1-13(2,17)9-15-7-11-8-16-12(18-11)10-4-3-5-14-6-10/h3-6,8,15,17H,7,9H2,1-2H3. The highest BCUT2D eigenvalue weighted by molar-refractivity contribution is 7.15. The Morgan fingerprint density at radius 2 is 2.22 bits per heavy atom. The molecule has 0 aliphatic heterocycles. The first-order valence-corrected chi connectivity index (χ1v) is 6.64. The van der Waals surface area contributed by atoms with Crippen LogP contribution in [0.2, 0.25) is 0 Å². The van der Waals surface area contributed by atoms with Gasteiger partial charge in [0.1, 0.15) is 5.01 Å². The Morgan fingerprint density at radius 1 is 1.39 bits per heavy atom. The van der Waals surface area contributed by atoms with Crippen LogP contribution in [-0.2, 0) is 6.54 Å². The molecule has 0 aliphatic rings. The van der Waals surface area contributed by atoms with Gasteiger partial charge in [-0.1, -0.05) is 0 Å². The van der Waals surface area contributed by atoms with Crippen LogP contribution in [0.1, 0.15) is 18.7 Å². The third-order valence-corrected chi connectivity index (χ3v) is 3.37. The first-order valence-electron chi connectivity index (χ1n) is 5.83. The van der Waals surface area contributed by atoms with Gasteiger partial charge in [-0.15, -0.1) is 11.3 Å². The molecule has 5 heteroatoms. The molecule has 0 spiro atoms. The number of aromatic nitrogens is 2. The Balaban J connectivity index is 1.95. The lowest BCUT2D eigenvalue weighted by atomic mass is 10.1. The second kappa shape index (κ2) is 5.56. The average molecular weight is 263 g/mol. The maximum absolute atomic E-state index is 9.60. The lowest BCUT2D eigenvalue weighted by molar-refractivity contribution is 0.0796. The minimum Gasteiger partial charge on any atom is -0.389 e. The molecular formula is C13H17N3OS. The quantitative estimate of drug-likeness (QED) is 0.867. The van der Waals surface area contributed by atoms with Gasteiger partial charge in [-0.2, -0.15) is 0 Å². The molecule has 0 aliphatic carbocycles. The third-order valence-electron chi connectivity index (χ3n) is 2.32. The minimum atomic E-state index is -0.684. The molecule has 0 aromatic carbocycles. The lowest BCUT2D eigenvalue weighted by Crippen LogP contribution is -2.34. The summed E-state index contributed by atoms with van der Waals surface area (Å²) in [5.74, 6) is 0. The second-order valence-corrected chi connectivity index (χ2v) is 5.90. The van der Waals surface area contributed by atoms with E-state index in [9.17, 15) is 5.11 Å². The van der Waals surface area contributed by atoms with Crippen molar-refractivity contribution in [1.29, 1.82) is 0 Å². The molecule has 2 aromatic heterocycles. The van der Waals surface area contributed by atoms with Gasteiger partial charge >= 0.3 is 0 Å². The fraction of sp³-hybridized carbons (Fsp3) is 0.385. The molecule has 2 N–H and O–H groups in total. The molecule has 2 aromatic rings. The fourth-order valence-corrected chi connectivity index (χ4v) is 2.38. The summed E-state index contributed by atoms with van der Waals surface area (Å²) in [6.45, 7) is 4.86. The topological polar surface area (TPSA) is 58.0 Å². The molecule has 2 heterocycles. The van der Waals surface area contributed by atoms with Gasteiger partial charge in [-0.3, -0.25) is 4.98 Å². The van der Waals surface area contributed by atoms with Gasteiger partial charge in [0, 0.05) is 42.1 Å². The summed E-state index contributed by atoms with van der Waals surface area (Å²) in [6, 6.07) is 3.91. The largest absolute Gasteiger partial charge is 0.389 e. The highest BCUT2D eigenvalue weighted by atomic mass is 32.1. The predicted molar refractivity (Wildman–Crippen MR) is 73.3 cm³/mol. The van der Waals surface area contributed by atoms with Gasteiger partial charge in [0.05, 0.1) is 5.60 Å². The summed E-state index contributed by atoms with van der Waals surface area (Å²) in [5, 5.41) is 13.8. The Morgan fingerprint density at radius 3 is 2.89 bits per heavy atom. The van der Waals surface area contributed by atoms with E-state index in [0.717, 1.165) is 22.0 Å². The van der Waals surface area contributed by atoms with Crippen molar-refractivity contribution >= 4 is 11.3 Å². The van der Waals surface area contributed by atoms with Crippen LogP contribution in [0.25, 0.3) is 10.6 Å². The van der Waals surface area contributed by atoms with E-state index in [2.05, 4.69) is 15.3 Å². The van der Waals surface area contributed by atoms with Crippen molar-refractivity contribution in [3.8, 4) is 10.6 Å². The van der Waals surface area contributed by atoms with E-state index >= 15 is 0 Å². The fourth-order valence-electron chi connectivity index (χ4n) is 1.50. The van der Waals surface area contributed by atoms with Crippen LogP contribution >= 0.6 is 11.3 Å². The predicted octanol–water partition coefficient (Wildman–Crippen LogP) is 2.07. The van der Waals surface area contributed by atoms with E-state index in [1.54, 1.807) is 31.4 Å². The van der Waals surface area contributed by atoms with E-state index in [1.807, 2.05) is 24.5 Å². The first-order chi connectivity index (χ1) is 8.54. The maximum Gasteiger partial charge on any atom is 0.125 e. The number of aliphatic hydroxyl groups is 1. The summed E-state index contributed by atoms with van der Waals surface area (Å²) in [4.78, 5) is 9.61. The molecule has 0 bridgehead atoms. The second-order valence-electron chi connectivity index (χ2n) is 4.79. The highest BCUT2D eigenvalue weighted by Crippen LogP contribution is 2.23. The van der Waals surface area contributed by atoms with E-state index in [1.165, 1.54) is 0 Å². The van der Waals surface area contributed by atoms with Gasteiger partial charge in [-0.05, 0) is 26.0 Å². The van der Waals surface area contributed by atoms with Crippen molar-refractivity contribution in [3.05, 3.63) is 35.6 Å². The monoisotopic (exact) mass is 263 g/mol. The van der Waals surface area contributed by atoms with Gasteiger partial charge in [0.25, 0.3) is 0 Å². The molecule has 2 rings (SSSR count). The van der Waals surface area contributed by atoms with Crippen molar-refractivity contribution in [1.82, 2.24) is 15.3 Å². The molecule has 0 radical (unpaired) electrons. The van der Waals surface area contributed by atoms with Crippen molar-refractivity contribution in [2.75, 3.05) is 6.54 Å². The van der Waals surface area contributed by atoms with Gasteiger partial charge < -0.3 is 10.4 Å². The summed E-state index contributed by atoms with van der Waals surface area (Å²) in [6.07, 6.45) is 5.43. The van der Waals surface area contributed by atoms with Crippen molar-refractivity contribution in [3.63, 3.8) is 0 Å². The Hall–Kier alpha value is -1.30. The summed E-state index contributed by atoms with van der Waals surface area (Å²) in [7, 11) is 0. The zero-order chi connectivity index (χ0) is 13.0. The van der Waals surface area contributed by atoms with Crippen LogP contribution in [0.5, 0.6) is 0 Å². The van der Waals surface area contributed by atoms with E-state index in [0.29, 0.717) is 6.54 Å². The van der Waals surface area contributed by atoms with Gasteiger partial charge in [-0.25, -0.2) is 4.98 Å². The van der Waals surface area contributed by atoms with Gasteiger partial charge in [0.2, 0.25) is 0 Å². The van der Waals surface area contributed by atoms with Crippen molar-refractivity contribution in [2.24, 2.45) is 0 Å². The van der Waals surface area contributed by atoms with Crippen molar-refractivity contribution < 1.29 is 5.11 Å². The highest BCUT2D eigenvalue weighted by Gasteiger charge is 2.11. The summed E-state index contributed by atoms with van der Waals surface area (Å²) >= 11 is 1.64. The van der Waals surface area contributed by atoms with Crippen LogP contribution < -0.4 is 5.32 Å². The summed E-state index contributed by atoms with van der Waals surface area (Å²) < 4.78 is 0. The zero-order valence-electron chi connectivity index (χ0n) is 10.6. The van der Waals surface area contributed by atoms with Crippen LogP contribution in [-0.4, -0.2) is 27.2 Å². The zero-order valence-corrected chi connectivity index (χ0v) is 11.4. The molecule has 0 fully saturated rings. The molecule has 0 unspecified atom stereocenters. The van der Waals surface area contributed by atoms with Crippen LogP contribution in [0.4, 0.5) is 0 Å². The number of pyridine rings is 1. The molecule has 4 nitrogen and oxygen atoms in total. The summed E-state index contributed by atoms with van der Waals surface area (Å²) in [5.41, 5.74) is 0.355. The molecule has 96 valence electrons. The third kappa shape index (κ3) is 3.87. The van der Waals surface area contributed by atoms with E-state index in [4.69, 9.17) is 0 Å². The number of hydrogen-bond acceptors (Lipinski definition) is 5. The molecular weight excluding hydrogens is 246 g/mol. The lowest BCUT2D eigenvalue weighted by Gasteiger charge is -2.16. The number of nitrogens with one attached hydrogen (secondary N) is 1. The minimum absolute atomic E-state index is 0.563. The molecule has 18 heavy (non-hydrogen) atoms. The molecule has 0 atom stereocenters. The van der Waals surface area contributed by atoms with Crippen LogP contribution in [0.3, 0.4) is 0 Å². The maximum atomic E-state index is 9.60. The normalized spacial score (nSPS) is 11.7. The Labute approximate surface area is 111 Å². The number of hydrogen-bond donors (Lipinski definition) is 2. The number of thiazole rings is 1. The number of nitrogens with zero attached hydrogens (tertiary/aromatic N) is 2. The smallest absolute Gasteiger partial charge is 0.125 e. The van der Waals surface area contributed by atoms with Gasteiger partial charge in [0.15, 0.2) is 0 Å². The van der Waals surface area contributed by atoms with E-state index in [-0.39, 0.29) is 0 Å². The van der Waals surface area contributed by atoms with Crippen LogP contribution in [0.15, 0.2) is 30.7 Å². The molecule has 0 saturated heterocycles. The Bertz CT molecular complexity index is 490. The Kier molecular flexibility index (Phi) is 4.06. The SMILES string of the molecule is CC(C)(O)CNCc1cnc(-c2cccnc2)s1. The molecule has 0 amide bonds.